The van der Waals surface area contributed by atoms with Gasteiger partial charge in [0.05, 0.1) is 19.3 Å². The van der Waals surface area contributed by atoms with Gasteiger partial charge >= 0.3 is 12.1 Å². The highest BCUT2D eigenvalue weighted by molar-refractivity contribution is 5.89. The largest absolute Gasteiger partial charge is 0.465 e. The van der Waals surface area contributed by atoms with Crippen molar-refractivity contribution in [2.45, 2.75) is 26.8 Å². The number of methoxy groups -OCH3 is 1. The molecule has 0 saturated carbocycles. The number of nitrogens with zero attached hydrogens (tertiary/aromatic N) is 2. The van der Waals surface area contributed by atoms with Crippen LogP contribution in [0.3, 0.4) is 0 Å². The van der Waals surface area contributed by atoms with Crippen LogP contribution in [0.4, 0.5) is 4.79 Å². The average Bonchev–Trinajstić information content (AvgIpc) is 2.82. The van der Waals surface area contributed by atoms with Crippen LogP contribution in [0.2, 0.25) is 0 Å². The minimum Gasteiger partial charge on any atom is -0.465 e. The van der Waals surface area contributed by atoms with Gasteiger partial charge in [-0.1, -0.05) is 26.0 Å². The SMILES string of the molecule is COC(=O)c1ccc(CN2CCN(C(=O)OCC(C)C)CCC2=O)cc1. The van der Waals surface area contributed by atoms with Crippen LogP contribution < -0.4 is 0 Å². The molecule has 142 valence electrons. The maximum absolute atomic E-state index is 12.3. The maximum Gasteiger partial charge on any atom is 0.409 e. The van der Waals surface area contributed by atoms with Gasteiger partial charge in [-0.2, -0.15) is 0 Å². The molecule has 7 nitrogen and oxygen atoms in total. The molecule has 1 aromatic rings. The Morgan fingerprint density at radius 3 is 2.42 bits per heavy atom. The molecule has 2 amide bonds. The predicted molar refractivity (Wildman–Crippen MR) is 95.6 cm³/mol. The summed E-state index contributed by atoms with van der Waals surface area (Å²) in [5.74, 6) is -0.115. The van der Waals surface area contributed by atoms with E-state index in [1.165, 1.54) is 7.11 Å². The van der Waals surface area contributed by atoms with E-state index in [-0.39, 0.29) is 24.3 Å². The van der Waals surface area contributed by atoms with Crippen molar-refractivity contribution >= 4 is 18.0 Å². The summed E-state index contributed by atoms with van der Waals surface area (Å²) >= 11 is 0. The first-order valence-corrected chi connectivity index (χ1v) is 8.77. The molecular weight excluding hydrogens is 336 g/mol. The first kappa shape index (κ1) is 19.8. The highest BCUT2D eigenvalue weighted by Gasteiger charge is 2.24. The first-order chi connectivity index (χ1) is 12.4. The zero-order chi connectivity index (χ0) is 19.1. The molecule has 1 aliphatic heterocycles. The number of amides is 2. The Morgan fingerprint density at radius 1 is 1.12 bits per heavy atom. The van der Waals surface area contributed by atoms with Crippen LogP contribution in [0.1, 0.15) is 36.2 Å². The Hall–Kier alpha value is -2.57. The van der Waals surface area contributed by atoms with Crippen molar-refractivity contribution in [3.63, 3.8) is 0 Å². The molecule has 1 aliphatic rings. The Morgan fingerprint density at radius 2 is 1.81 bits per heavy atom. The van der Waals surface area contributed by atoms with Crippen molar-refractivity contribution in [2.24, 2.45) is 5.92 Å². The quantitative estimate of drug-likeness (QED) is 0.751. The Kier molecular flexibility index (Phi) is 7.00. The van der Waals surface area contributed by atoms with Crippen molar-refractivity contribution in [2.75, 3.05) is 33.4 Å². The van der Waals surface area contributed by atoms with Gasteiger partial charge < -0.3 is 19.3 Å². The van der Waals surface area contributed by atoms with E-state index in [0.717, 1.165) is 5.56 Å². The summed E-state index contributed by atoms with van der Waals surface area (Å²) < 4.78 is 9.92. The molecule has 0 spiro atoms. The van der Waals surface area contributed by atoms with Crippen molar-refractivity contribution in [1.82, 2.24) is 9.80 Å². The van der Waals surface area contributed by atoms with Gasteiger partial charge in [-0.05, 0) is 23.6 Å². The van der Waals surface area contributed by atoms with Crippen molar-refractivity contribution < 1.29 is 23.9 Å². The number of carbonyl (C=O) groups is 3. The standard InChI is InChI=1S/C19H26N2O5/c1-14(2)13-26-19(24)20-9-8-17(22)21(11-10-20)12-15-4-6-16(7-5-15)18(23)25-3/h4-7,14H,8-13H2,1-3H3. The maximum atomic E-state index is 12.3. The molecule has 0 N–H and O–H groups in total. The fourth-order valence-electron chi connectivity index (χ4n) is 2.63. The van der Waals surface area contributed by atoms with Crippen LogP contribution in [-0.2, 0) is 20.8 Å². The summed E-state index contributed by atoms with van der Waals surface area (Å²) in [6, 6.07) is 6.97. The Balaban J connectivity index is 1.93. The third-order valence-corrected chi connectivity index (χ3v) is 4.13. The van der Waals surface area contributed by atoms with E-state index in [1.807, 2.05) is 13.8 Å². The van der Waals surface area contributed by atoms with Gasteiger partial charge in [0.1, 0.15) is 0 Å². The molecule has 26 heavy (non-hydrogen) atoms. The van der Waals surface area contributed by atoms with E-state index in [0.29, 0.717) is 38.3 Å². The summed E-state index contributed by atoms with van der Waals surface area (Å²) in [5.41, 5.74) is 1.39. The third kappa shape index (κ3) is 5.47. The molecule has 1 aromatic carbocycles. The zero-order valence-electron chi connectivity index (χ0n) is 15.6. The smallest absolute Gasteiger partial charge is 0.409 e. The van der Waals surface area contributed by atoms with Crippen molar-refractivity contribution in [1.29, 1.82) is 0 Å². The second-order valence-corrected chi connectivity index (χ2v) is 6.71. The lowest BCUT2D eigenvalue weighted by atomic mass is 10.1. The second-order valence-electron chi connectivity index (χ2n) is 6.71. The monoisotopic (exact) mass is 362 g/mol. The summed E-state index contributed by atoms with van der Waals surface area (Å²) in [6.07, 6.45) is -0.0902. The molecule has 0 aromatic heterocycles. The van der Waals surface area contributed by atoms with Gasteiger partial charge in [-0.25, -0.2) is 9.59 Å². The van der Waals surface area contributed by atoms with Crippen LogP contribution in [0.25, 0.3) is 0 Å². The van der Waals surface area contributed by atoms with Gasteiger partial charge in [-0.15, -0.1) is 0 Å². The lowest BCUT2D eigenvalue weighted by molar-refractivity contribution is -0.130. The molecule has 2 rings (SSSR count). The molecule has 0 unspecified atom stereocenters. The minimum absolute atomic E-state index is 0.00111. The average molecular weight is 362 g/mol. The minimum atomic E-state index is -0.391. The number of hydrogen-bond donors (Lipinski definition) is 0. The van der Waals surface area contributed by atoms with E-state index < -0.39 is 5.97 Å². The number of rotatable bonds is 5. The summed E-state index contributed by atoms with van der Waals surface area (Å²) in [6.45, 7) is 6.04. The predicted octanol–water partition coefficient (Wildman–Crippen LogP) is 2.30. The number of ether oxygens (including phenoxy) is 2. The molecule has 0 aliphatic carbocycles. The van der Waals surface area contributed by atoms with Gasteiger partial charge in [0, 0.05) is 32.6 Å². The van der Waals surface area contributed by atoms with E-state index in [1.54, 1.807) is 34.1 Å². The summed E-state index contributed by atoms with van der Waals surface area (Å²) in [4.78, 5) is 39.2. The van der Waals surface area contributed by atoms with Crippen LogP contribution in [-0.4, -0.2) is 61.1 Å². The highest BCUT2D eigenvalue weighted by Crippen LogP contribution is 2.13. The fourth-order valence-corrected chi connectivity index (χ4v) is 2.63. The molecule has 1 fully saturated rings. The lowest BCUT2D eigenvalue weighted by Crippen LogP contribution is -2.36. The second kappa shape index (κ2) is 9.22. The van der Waals surface area contributed by atoms with Crippen molar-refractivity contribution in [3.8, 4) is 0 Å². The number of carbonyl (C=O) groups excluding carboxylic acids is 3. The number of esters is 1. The van der Waals surface area contributed by atoms with E-state index >= 15 is 0 Å². The van der Waals surface area contributed by atoms with Crippen molar-refractivity contribution in [3.05, 3.63) is 35.4 Å². The molecule has 1 heterocycles. The molecule has 0 atom stereocenters. The lowest BCUT2D eigenvalue weighted by Gasteiger charge is -2.22. The molecule has 0 radical (unpaired) electrons. The molecule has 1 saturated heterocycles. The third-order valence-electron chi connectivity index (χ3n) is 4.13. The van der Waals surface area contributed by atoms with Gasteiger partial charge in [0.2, 0.25) is 5.91 Å². The van der Waals surface area contributed by atoms with E-state index in [2.05, 4.69) is 4.74 Å². The van der Waals surface area contributed by atoms with E-state index in [9.17, 15) is 14.4 Å². The van der Waals surface area contributed by atoms with Gasteiger partial charge in [-0.3, -0.25) is 4.79 Å². The van der Waals surface area contributed by atoms with E-state index in [4.69, 9.17) is 4.74 Å². The Bertz CT molecular complexity index is 642. The van der Waals surface area contributed by atoms with Gasteiger partial charge in [0.25, 0.3) is 0 Å². The van der Waals surface area contributed by atoms with Crippen LogP contribution in [0.5, 0.6) is 0 Å². The Labute approximate surface area is 153 Å². The normalized spacial score (nSPS) is 15.0. The topological polar surface area (TPSA) is 76.2 Å². The fraction of sp³-hybridized carbons (Fsp3) is 0.526. The number of hydrogen-bond acceptors (Lipinski definition) is 5. The van der Waals surface area contributed by atoms with Crippen LogP contribution in [0.15, 0.2) is 24.3 Å². The zero-order valence-corrected chi connectivity index (χ0v) is 15.6. The summed E-state index contributed by atoms with van der Waals surface area (Å²) in [7, 11) is 1.34. The first-order valence-electron chi connectivity index (χ1n) is 8.77. The van der Waals surface area contributed by atoms with Crippen LogP contribution in [0, 0.1) is 5.92 Å². The highest BCUT2D eigenvalue weighted by atomic mass is 16.6. The summed E-state index contributed by atoms with van der Waals surface area (Å²) in [5, 5.41) is 0. The van der Waals surface area contributed by atoms with Gasteiger partial charge in [0.15, 0.2) is 0 Å². The molecule has 7 heteroatoms. The molecule has 0 bridgehead atoms. The molecular formula is C19H26N2O5. The van der Waals surface area contributed by atoms with Crippen LogP contribution >= 0.6 is 0 Å². The number of benzene rings is 1.